The molecule has 0 fully saturated rings. The van der Waals surface area contributed by atoms with Crippen molar-refractivity contribution >= 4 is 29.1 Å². The van der Waals surface area contributed by atoms with Crippen molar-refractivity contribution in [2.24, 2.45) is 0 Å². The summed E-state index contributed by atoms with van der Waals surface area (Å²) < 4.78 is 5.33. The Bertz CT molecular complexity index is 870. The van der Waals surface area contributed by atoms with Crippen LogP contribution in [0.2, 0.25) is 5.02 Å². The monoisotopic (exact) mass is 354 g/mol. The summed E-state index contributed by atoms with van der Waals surface area (Å²) in [6.07, 6.45) is 1.70. The molecule has 3 rings (SSSR count). The number of benzene rings is 2. The Hall–Kier alpha value is -2.79. The Kier molecular flexibility index (Phi) is 5.36. The van der Waals surface area contributed by atoms with Crippen molar-refractivity contribution in [2.75, 3.05) is 17.7 Å². The standard InChI is InChI=1S/C19H19ClN4O/c1-13-4-3-5-14(10-13)12-22-18-8-9-21-19(24-18)23-16-11-15(20)6-7-17(16)25-2/h3-11H,12H2,1-2H3,(H2,21,22,23,24). The van der Waals surface area contributed by atoms with E-state index in [1.807, 2.05) is 12.1 Å². The van der Waals surface area contributed by atoms with Gasteiger partial charge < -0.3 is 15.4 Å². The highest BCUT2D eigenvalue weighted by Crippen LogP contribution is 2.29. The molecule has 0 aliphatic carbocycles. The molecule has 0 spiro atoms. The lowest BCUT2D eigenvalue weighted by Crippen LogP contribution is -2.04. The average molecular weight is 355 g/mol. The maximum atomic E-state index is 6.05. The van der Waals surface area contributed by atoms with E-state index in [-0.39, 0.29) is 0 Å². The topological polar surface area (TPSA) is 59.1 Å². The van der Waals surface area contributed by atoms with Crippen LogP contribution in [0, 0.1) is 6.92 Å². The molecule has 0 bridgehead atoms. The quantitative estimate of drug-likeness (QED) is 0.665. The van der Waals surface area contributed by atoms with Crippen LogP contribution < -0.4 is 15.4 Å². The van der Waals surface area contributed by atoms with Gasteiger partial charge in [-0.1, -0.05) is 41.4 Å². The van der Waals surface area contributed by atoms with Crippen molar-refractivity contribution in [3.8, 4) is 5.75 Å². The second-order valence-electron chi connectivity index (χ2n) is 5.58. The third-order valence-electron chi connectivity index (χ3n) is 3.62. The number of aryl methyl sites for hydroxylation is 1. The molecule has 0 saturated heterocycles. The zero-order chi connectivity index (χ0) is 17.6. The predicted molar refractivity (Wildman–Crippen MR) is 102 cm³/mol. The fourth-order valence-corrected chi connectivity index (χ4v) is 2.60. The lowest BCUT2D eigenvalue weighted by molar-refractivity contribution is 0.417. The third-order valence-corrected chi connectivity index (χ3v) is 3.85. The molecule has 0 unspecified atom stereocenters. The second-order valence-corrected chi connectivity index (χ2v) is 6.01. The average Bonchev–Trinajstić information content (AvgIpc) is 2.61. The van der Waals surface area contributed by atoms with Gasteiger partial charge in [0.1, 0.15) is 11.6 Å². The number of anilines is 3. The van der Waals surface area contributed by atoms with Crippen LogP contribution in [0.3, 0.4) is 0 Å². The molecular formula is C19H19ClN4O. The molecule has 1 aromatic heterocycles. The van der Waals surface area contributed by atoms with Crippen LogP contribution in [-0.4, -0.2) is 17.1 Å². The fourth-order valence-electron chi connectivity index (χ4n) is 2.43. The summed E-state index contributed by atoms with van der Waals surface area (Å²) in [4.78, 5) is 8.73. The summed E-state index contributed by atoms with van der Waals surface area (Å²) in [6.45, 7) is 2.77. The van der Waals surface area contributed by atoms with Crippen LogP contribution in [0.15, 0.2) is 54.7 Å². The van der Waals surface area contributed by atoms with Crippen molar-refractivity contribution in [1.82, 2.24) is 9.97 Å². The number of hydrogen-bond acceptors (Lipinski definition) is 5. The number of methoxy groups -OCH3 is 1. The normalized spacial score (nSPS) is 10.4. The fraction of sp³-hybridized carbons (Fsp3) is 0.158. The molecule has 128 valence electrons. The molecule has 0 aliphatic heterocycles. The highest BCUT2D eigenvalue weighted by molar-refractivity contribution is 6.31. The molecule has 25 heavy (non-hydrogen) atoms. The van der Waals surface area contributed by atoms with E-state index in [2.05, 4.69) is 45.7 Å². The van der Waals surface area contributed by atoms with Crippen LogP contribution in [0.25, 0.3) is 0 Å². The predicted octanol–water partition coefficient (Wildman–Crippen LogP) is 4.80. The highest BCUT2D eigenvalue weighted by atomic mass is 35.5. The molecule has 0 radical (unpaired) electrons. The van der Waals surface area contributed by atoms with E-state index in [0.717, 1.165) is 5.82 Å². The first-order valence-corrected chi connectivity index (χ1v) is 8.25. The van der Waals surface area contributed by atoms with Gasteiger partial charge in [0.05, 0.1) is 12.8 Å². The Morgan fingerprint density at radius 1 is 1.12 bits per heavy atom. The van der Waals surface area contributed by atoms with E-state index in [9.17, 15) is 0 Å². The van der Waals surface area contributed by atoms with E-state index in [1.165, 1.54) is 11.1 Å². The van der Waals surface area contributed by atoms with Gasteiger partial charge in [-0.2, -0.15) is 4.98 Å². The number of rotatable bonds is 6. The van der Waals surface area contributed by atoms with Gasteiger partial charge in [0.2, 0.25) is 5.95 Å². The lowest BCUT2D eigenvalue weighted by Gasteiger charge is -2.11. The molecule has 0 atom stereocenters. The van der Waals surface area contributed by atoms with Crippen molar-refractivity contribution < 1.29 is 4.74 Å². The summed E-state index contributed by atoms with van der Waals surface area (Å²) >= 11 is 6.05. The van der Waals surface area contributed by atoms with E-state index < -0.39 is 0 Å². The zero-order valence-electron chi connectivity index (χ0n) is 14.1. The van der Waals surface area contributed by atoms with Crippen molar-refractivity contribution in [1.29, 1.82) is 0 Å². The van der Waals surface area contributed by atoms with E-state index in [4.69, 9.17) is 16.3 Å². The maximum Gasteiger partial charge on any atom is 0.229 e. The van der Waals surface area contributed by atoms with Crippen LogP contribution in [0.4, 0.5) is 17.5 Å². The SMILES string of the molecule is COc1ccc(Cl)cc1Nc1nccc(NCc2cccc(C)c2)n1. The van der Waals surface area contributed by atoms with Crippen molar-refractivity contribution in [2.45, 2.75) is 13.5 Å². The van der Waals surface area contributed by atoms with Crippen LogP contribution in [-0.2, 0) is 6.54 Å². The number of aromatic nitrogens is 2. The van der Waals surface area contributed by atoms with Crippen LogP contribution >= 0.6 is 11.6 Å². The maximum absolute atomic E-state index is 6.05. The van der Waals surface area contributed by atoms with E-state index >= 15 is 0 Å². The molecule has 2 aromatic carbocycles. The summed E-state index contributed by atoms with van der Waals surface area (Å²) in [5, 5.41) is 7.05. The number of ether oxygens (including phenoxy) is 1. The van der Waals surface area contributed by atoms with Crippen LogP contribution in [0.1, 0.15) is 11.1 Å². The second kappa shape index (κ2) is 7.85. The summed E-state index contributed by atoms with van der Waals surface area (Å²) in [5.74, 6) is 1.88. The van der Waals surface area contributed by atoms with Gasteiger partial charge in [-0.3, -0.25) is 0 Å². The molecular weight excluding hydrogens is 336 g/mol. The molecule has 1 heterocycles. The smallest absolute Gasteiger partial charge is 0.229 e. The van der Waals surface area contributed by atoms with Crippen LogP contribution in [0.5, 0.6) is 5.75 Å². The molecule has 6 heteroatoms. The number of nitrogens with one attached hydrogen (secondary N) is 2. The molecule has 2 N–H and O–H groups in total. The van der Waals surface area contributed by atoms with E-state index in [0.29, 0.717) is 29.0 Å². The summed E-state index contributed by atoms with van der Waals surface area (Å²) in [5.41, 5.74) is 3.15. The molecule has 0 amide bonds. The number of hydrogen-bond donors (Lipinski definition) is 2. The molecule has 0 saturated carbocycles. The van der Waals surface area contributed by atoms with Gasteiger partial charge in [-0.15, -0.1) is 0 Å². The Morgan fingerprint density at radius 2 is 2.00 bits per heavy atom. The first-order chi connectivity index (χ1) is 12.1. The minimum atomic E-state index is 0.467. The third kappa shape index (κ3) is 4.61. The highest BCUT2D eigenvalue weighted by Gasteiger charge is 2.06. The van der Waals surface area contributed by atoms with Gasteiger partial charge in [-0.25, -0.2) is 4.98 Å². The summed E-state index contributed by atoms with van der Waals surface area (Å²) in [6, 6.07) is 15.5. The Labute approximate surface area is 152 Å². The minimum absolute atomic E-state index is 0.467. The lowest BCUT2D eigenvalue weighted by atomic mass is 10.1. The van der Waals surface area contributed by atoms with Crippen molar-refractivity contribution in [3.05, 3.63) is 70.9 Å². The molecule has 3 aromatic rings. The van der Waals surface area contributed by atoms with Gasteiger partial charge in [0, 0.05) is 17.8 Å². The Morgan fingerprint density at radius 3 is 2.80 bits per heavy atom. The summed E-state index contributed by atoms with van der Waals surface area (Å²) in [7, 11) is 1.61. The first-order valence-electron chi connectivity index (χ1n) is 7.87. The molecule has 0 aliphatic rings. The van der Waals surface area contributed by atoms with Gasteiger partial charge in [0.15, 0.2) is 0 Å². The minimum Gasteiger partial charge on any atom is -0.495 e. The van der Waals surface area contributed by atoms with Gasteiger partial charge >= 0.3 is 0 Å². The van der Waals surface area contributed by atoms with Gasteiger partial charge in [0.25, 0.3) is 0 Å². The zero-order valence-corrected chi connectivity index (χ0v) is 14.8. The Balaban J connectivity index is 1.72. The number of nitrogens with zero attached hydrogens (tertiary/aromatic N) is 2. The van der Waals surface area contributed by atoms with Crippen molar-refractivity contribution in [3.63, 3.8) is 0 Å². The largest absolute Gasteiger partial charge is 0.495 e. The number of halogens is 1. The molecule has 5 nitrogen and oxygen atoms in total. The van der Waals surface area contributed by atoms with E-state index in [1.54, 1.807) is 31.5 Å². The first kappa shape index (κ1) is 17.0. The van der Waals surface area contributed by atoms with Gasteiger partial charge in [-0.05, 0) is 36.8 Å².